The zero-order valence-electron chi connectivity index (χ0n) is 10.1. The maximum Gasteiger partial charge on any atom is 0.0260 e. The van der Waals surface area contributed by atoms with Gasteiger partial charge < -0.3 is 10.2 Å². The maximum absolute atomic E-state index is 3.60. The van der Waals surface area contributed by atoms with Crippen LogP contribution in [0.3, 0.4) is 0 Å². The number of hydrogen-bond acceptors (Lipinski definition) is 4. The molecule has 2 aliphatic heterocycles. The Morgan fingerprint density at radius 1 is 1.38 bits per heavy atom. The van der Waals surface area contributed by atoms with Crippen LogP contribution in [-0.4, -0.2) is 49.4 Å². The molecule has 92 valence electrons. The van der Waals surface area contributed by atoms with Gasteiger partial charge in [0, 0.05) is 31.4 Å². The first-order valence-electron chi connectivity index (χ1n) is 6.69. The van der Waals surface area contributed by atoms with Gasteiger partial charge in [-0.25, -0.2) is 0 Å². The molecule has 1 aliphatic carbocycles. The first kappa shape index (κ1) is 11.3. The molecule has 2 N–H and O–H groups in total. The SMILES string of the molecule is CCSNC1C2CN(CC3CCNC3)CC21. The Kier molecular flexibility index (Phi) is 3.43. The molecule has 3 aliphatic rings. The molecule has 2 heterocycles. The quantitative estimate of drug-likeness (QED) is 0.696. The standard InChI is InChI=1S/C12H23N3S/c1-2-16-14-12-10-7-15(8-11(10)12)6-9-3-4-13-5-9/h9-14H,2-8H2,1H3. The third kappa shape index (κ3) is 2.26. The minimum atomic E-state index is 0.836. The molecule has 2 saturated heterocycles. The Hall–Kier alpha value is 0.230. The van der Waals surface area contributed by atoms with Gasteiger partial charge in [-0.05, 0) is 37.3 Å². The normalized spacial score (nSPS) is 42.6. The van der Waals surface area contributed by atoms with E-state index in [1.165, 1.54) is 44.9 Å². The first-order valence-corrected chi connectivity index (χ1v) is 7.67. The van der Waals surface area contributed by atoms with Crippen LogP contribution in [0.15, 0.2) is 0 Å². The van der Waals surface area contributed by atoms with Crippen molar-refractivity contribution in [3.8, 4) is 0 Å². The number of fused-ring (bicyclic) bond motifs is 1. The van der Waals surface area contributed by atoms with Crippen molar-refractivity contribution in [3.05, 3.63) is 0 Å². The maximum atomic E-state index is 3.60. The second-order valence-corrected chi connectivity index (χ2v) is 6.58. The van der Waals surface area contributed by atoms with Gasteiger partial charge in [0.1, 0.15) is 0 Å². The minimum absolute atomic E-state index is 0.836. The molecule has 0 radical (unpaired) electrons. The van der Waals surface area contributed by atoms with E-state index in [-0.39, 0.29) is 0 Å². The van der Waals surface area contributed by atoms with Gasteiger partial charge in [0.2, 0.25) is 0 Å². The summed E-state index contributed by atoms with van der Waals surface area (Å²) in [7, 11) is 0. The molecule has 16 heavy (non-hydrogen) atoms. The molecule has 3 atom stereocenters. The molecular formula is C12H23N3S. The van der Waals surface area contributed by atoms with Gasteiger partial charge >= 0.3 is 0 Å². The van der Waals surface area contributed by atoms with Crippen molar-refractivity contribution < 1.29 is 0 Å². The van der Waals surface area contributed by atoms with Crippen LogP contribution in [0.1, 0.15) is 13.3 Å². The summed E-state index contributed by atoms with van der Waals surface area (Å²) in [5, 5.41) is 3.46. The van der Waals surface area contributed by atoms with Crippen molar-refractivity contribution in [3.63, 3.8) is 0 Å². The molecule has 1 saturated carbocycles. The fraction of sp³-hybridized carbons (Fsp3) is 1.00. The van der Waals surface area contributed by atoms with Gasteiger partial charge in [-0.3, -0.25) is 4.72 Å². The smallest absolute Gasteiger partial charge is 0.0260 e. The van der Waals surface area contributed by atoms with Gasteiger partial charge in [0.15, 0.2) is 0 Å². The summed E-state index contributed by atoms with van der Waals surface area (Å²) in [6, 6.07) is 0.836. The number of likely N-dealkylation sites (tertiary alicyclic amines) is 1. The summed E-state index contributed by atoms with van der Waals surface area (Å²) in [4.78, 5) is 2.70. The molecule has 0 amide bonds. The largest absolute Gasteiger partial charge is 0.316 e. The monoisotopic (exact) mass is 241 g/mol. The molecule has 4 heteroatoms. The number of nitrogens with zero attached hydrogens (tertiary/aromatic N) is 1. The number of piperidine rings is 1. The van der Waals surface area contributed by atoms with Crippen molar-refractivity contribution in [2.45, 2.75) is 19.4 Å². The number of rotatable bonds is 5. The Labute approximate surface area is 103 Å². The van der Waals surface area contributed by atoms with E-state index < -0.39 is 0 Å². The summed E-state index contributed by atoms with van der Waals surface area (Å²) in [5.41, 5.74) is 0. The zero-order valence-corrected chi connectivity index (χ0v) is 10.9. The molecule has 0 bridgehead atoms. The average Bonchev–Trinajstić information content (AvgIpc) is 2.76. The van der Waals surface area contributed by atoms with E-state index in [2.05, 4.69) is 21.9 Å². The van der Waals surface area contributed by atoms with E-state index in [9.17, 15) is 0 Å². The van der Waals surface area contributed by atoms with Crippen LogP contribution in [-0.2, 0) is 0 Å². The minimum Gasteiger partial charge on any atom is -0.316 e. The fourth-order valence-electron chi connectivity index (χ4n) is 3.35. The second kappa shape index (κ2) is 4.84. The predicted molar refractivity (Wildman–Crippen MR) is 69.5 cm³/mol. The molecule has 3 unspecified atom stereocenters. The highest BCUT2D eigenvalue weighted by Gasteiger charge is 2.55. The van der Waals surface area contributed by atoms with Crippen LogP contribution in [0.5, 0.6) is 0 Å². The van der Waals surface area contributed by atoms with E-state index in [1.807, 2.05) is 11.9 Å². The summed E-state index contributed by atoms with van der Waals surface area (Å²) in [5.74, 6) is 4.05. The van der Waals surface area contributed by atoms with Gasteiger partial charge in [-0.2, -0.15) is 0 Å². The average molecular weight is 241 g/mol. The molecule has 0 aromatic heterocycles. The molecule has 3 fully saturated rings. The van der Waals surface area contributed by atoms with Crippen LogP contribution in [0.2, 0.25) is 0 Å². The molecular weight excluding hydrogens is 218 g/mol. The van der Waals surface area contributed by atoms with Gasteiger partial charge in [-0.1, -0.05) is 18.9 Å². The van der Waals surface area contributed by atoms with Crippen molar-refractivity contribution in [2.24, 2.45) is 17.8 Å². The van der Waals surface area contributed by atoms with Gasteiger partial charge in [-0.15, -0.1) is 0 Å². The topological polar surface area (TPSA) is 27.3 Å². The zero-order chi connectivity index (χ0) is 11.0. The summed E-state index contributed by atoms with van der Waals surface area (Å²) in [6.07, 6.45) is 1.39. The van der Waals surface area contributed by atoms with Crippen LogP contribution in [0.4, 0.5) is 0 Å². The highest BCUT2D eigenvalue weighted by atomic mass is 32.2. The van der Waals surface area contributed by atoms with Gasteiger partial charge in [0.25, 0.3) is 0 Å². The lowest BCUT2D eigenvalue weighted by Crippen LogP contribution is -2.33. The summed E-state index contributed by atoms with van der Waals surface area (Å²) >= 11 is 1.89. The number of hydrogen-bond donors (Lipinski definition) is 2. The lowest BCUT2D eigenvalue weighted by Gasteiger charge is -2.22. The van der Waals surface area contributed by atoms with Crippen LogP contribution in [0, 0.1) is 17.8 Å². The van der Waals surface area contributed by atoms with E-state index in [0.717, 1.165) is 23.8 Å². The highest BCUT2D eigenvalue weighted by Crippen LogP contribution is 2.46. The first-order chi connectivity index (χ1) is 7.88. The Morgan fingerprint density at radius 3 is 2.81 bits per heavy atom. The lowest BCUT2D eigenvalue weighted by molar-refractivity contribution is 0.255. The molecule has 3 rings (SSSR count). The molecule has 0 aromatic rings. The molecule has 0 spiro atoms. The van der Waals surface area contributed by atoms with Crippen molar-refractivity contribution in [1.82, 2.24) is 14.9 Å². The van der Waals surface area contributed by atoms with Crippen molar-refractivity contribution in [1.29, 1.82) is 0 Å². The molecule has 3 nitrogen and oxygen atoms in total. The van der Waals surface area contributed by atoms with E-state index in [4.69, 9.17) is 0 Å². The second-order valence-electron chi connectivity index (χ2n) is 5.48. The summed E-state index contributed by atoms with van der Waals surface area (Å²) in [6.45, 7) is 8.75. The fourth-order valence-corrected chi connectivity index (χ4v) is 4.06. The lowest BCUT2D eigenvalue weighted by atomic mass is 10.1. The third-order valence-corrected chi connectivity index (χ3v) is 5.04. The van der Waals surface area contributed by atoms with Crippen molar-refractivity contribution >= 4 is 11.9 Å². The van der Waals surface area contributed by atoms with Crippen molar-refractivity contribution in [2.75, 3.05) is 38.5 Å². The van der Waals surface area contributed by atoms with Crippen LogP contribution < -0.4 is 10.0 Å². The Morgan fingerprint density at radius 2 is 2.19 bits per heavy atom. The third-order valence-electron chi connectivity index (χ3n) is 4.31. The highest BCUT2D eigenvalue weighted by molar-refractivity contribution is 7.97. The predicted octanol–water partition coefficient (Wildman–Crippen LogP) is 0.784. The number of nitrogens with one attached hydrogen (secondary N) is 2. The Balaban J connectivity index is 1.37. The van der Waals surface area contributed by atoms with E-state index in [1.54, 1.807) is 0 Å². The molecule has 0 aromatic carbocycles. The van der Waals surface area contributed by atoms with Crippen LogP contribution >= 0.6 is 11.9 Å². The van der Waals surface area contributed by atoms with E-state index in [0.29, 0.717) is 0 Å². The van der Waals surface area contributed by atoms with Gasteiger partial charge in [0.05, 0.1) is 0 Å². The van der Waals surface area contributed by atoms with E-state index >= 15 is 0 Å². The van der Waals surface area contributed by atoms with Crippen LogP contribution in [0.25, 0.3) is 0 Å². The summed E-state index contributed by atoms with van der Waals surface area (Å²) < 4.78 is 3.60. The Bertz CT molecular complexity index is 230.